The molecule has 0 aliphatic heterocycles. The lowest BCUT2D eigenvalue weighted by atomic mass is 10.2. The summed E-state index contributed by atoms with van der Waals surface area (Å²) in [6.45, 7) is 1.94. The van der Waals surface area contributed by atoms with Crippen molar-refractivity contribution in [2.75, 3.05) is 12.4 Å². The zero-order chi connectivity index (χ0) is 25.0. The molecule has 1 amide bonds. The molecule has 1 N–H and O–H groups in total. The number of nitrogens with zero attached hydrogens (tertiary/aromatic N) is 3. The van der Waals surface area contributed by atoms with E-state index in [0.717, 1.165) is 23.9 Å². The molecule has 35 heavy (non-hydrogen) atoms. The number of amides is 1. The number of methoxy groups -OCH3 is 1. The molecule has 2 heterocycles. The van der Waals surface area contributed by atoms with Gasteiger partial charge in [0.05, 0.1) is 36.3 Å². The van der Waals surface area contributed by atoms with Gasteiger partial charge in [-0.1, -0.05) is 30.0 Å². The molecule has 0 bridgehead atoms. The summed E-state index contributed by atoms with van der Waals surface area (Å²) in [4.78, 5) is 12.8. The highest BCUT2D eigenvalue weighted by atomic mass is 32.2. The van der Waals surface area contributed by atoms with Gasteiger partial charge in [-0.3, -0.25) is 9.36 Å². The Hall–Kier alpha value is -3.73. The summed E-state index contributed by atoms with van der Waals surface area (Å²) >= 11 is 1.13. The van der Waals surface area contributed by atoms with Crippen molar-refractivity contribution in [3.63, 3.8) is 0 Å². The molecule has 0 aliphatic rings. The van der Waals surface area contributed by atoms with Crippen LogP contribution < -0.4 is 10.1 Å². The van der Waals surface area contributed by atoms with Crippen LogP contribution in [0, 0.1) is 0 Å². The number of ether oxygens (including phenoxy) is 1. The van der Waals surface area contributed by atoms with Crippen LogP contribution in [0.2, 0.25) is 0 Å². The largest absolute Gasteiger partial charge is 0.496 e. The number of thioether (sulfide) groups is 1. The highest BCUT2D eigenvalue weighted by Crippen LogP contribution is 2.34. The fourth-order valence-corrected chi connectivity index (χ4v) is 4.18. The summed E-state index contributed by atoms with van der Waals surface area (Å²) in [7, 11) is 1.56. The van der Waals surface area contributed by atoms with Crippen LogP contribution in [0.3, 0.4) is 0 Å². The molecule has 0 spiro atoms. The van der Waals surface area contributed by atoms with Crippen molar-refractivity contribution in [2.24, 2.45) is 0 Å². The maximum atomic E-state index is 13.0. The highest BCUT2D eigenvalue weighted by Gasteiger charge is 2.31. The van der Waals surface area contributed by atoms with Crippen molar-refractivity contribution < 1.29 is 27.1 Å². The Morgan fingerprint density at radius 1 is 1.14 bits per heavy atom. The van der Waals surface area contributed by atoms with E-state index in [1.54, 1.807) is 37.0 Å². The number of carbonyl (C=O) groups is 1. The van der Waals surface area contributed by atoms with Crippen molar-refractivity contribution in [1.29, 1.82) is 0 Å². The molecule has 0 saturated heterocycles. The number of benzene rings is 2. The average molecular weight is 503 g/mol. The summed E-state index contributed by atoms with van der Waals surface area (Å²) in [5, 5.41) is 10.9. The SMILES string of the molecule is COc1ccccc1-c1nnc(SC(C)C(=O)Nc2cccc(C(F)(F)F)c2)n1Cc1ccco1. The van der Waals surface area contributed by atoms with Crippen molar-refractivity contribution >= 4 is 23.4 Å². The van der Waals surface area contributed by atoms with Gasteiger partial charge >= 0.3 is 6.18 Å². The minimum atomic E-state index is -4.50. The average Bonchev–Trinajstić information content (AvgIpc) is 3.49. The smallest absolute Gasteiger partial charge is 0.416 e. The number of hydrogen-bond acceptors (Lipinski definition) is 6. The Balaban J connectivity index is 1.59. The van der Waals surface area contributed by atoms with Gasteiger partial charge in [0.25, 0.3) is 0 Å². The third kappa shape index (κ3) is 5.68. The first-order valence-corrected chi connectivity index (χ1v) is 11.4. The number of rotatable bonds is 8. The zero-order valence-corrected chi connectivity index (χ0v) is 19.6. The predicted molar refractivity (Wildman–Crippen MR) is 125 cm³/mol. The molecule has 0 saturated carbocycles. The molecule has 182 valence electrons. The van der Waals surface area contributed by atoms with E-state index in [1.165, 1.54) is 12.1 Å². The molecule has 2 aromatic carbocycles. The van der Waals surface area contributed by atoms with Gasteiger partial charge in [0, 0.05) is 5.69 Å². The molecule has 11 heteroatoms. The molecule has 0 aliphatic carbocycles. The van der Waals surface area contributed by atoms with Crippen molar-refractivity contribution in [3.8, 4) is 17.1 Å². The van der Waals surface area contributed by atoms with E-state index < -0.39 is 22.9 Å². The Kier molecular flexibility index (Phi) is 7.15. The monoisotopic (exact) mass is 502 g/mol. The first kappa shape index (κ1) is 24.4. The number of furan rings is 1. The molecular weight excluding hydrogens is 481 g/mol. The fraction of sp³-hybridized carbons (Fsp3) is 0.208. The van der Waals surface area contributed by atoms with Crippen LogP contribution in [0.25, 0.3) is 11.4 Å². The molecule has 0 radical (unpaired) electrons. The normalized spacial score (nSPS) is 12.4. The molecule has 4 aromatic rings. The van der Waals surface area contributed by atoms with Crippen LogP contribution in [0.15, 0.2) is 76.5 Å². The molecular formula is C24H21F3N4O3S. The van der Waals surface area contributed by atoms with Gasteiger partial charge in [-0.15, -0.1) is 10.2 Å². The standard InChI is InChI=1S/C24H21F3N4O3S/c1-15(22(32)28-17-8-5-7-16(13-17)24(25,26)27)35-23-30-29-21(19-10-3-4-11-20(19)33-2)31(23)14-18-9-6-12-34-18/h3-13,15H,14H2,1-2H3,(H,28,32). The number of para-hydroxylation sites is 1. The molecule has 1 unspecified atom stereocenters. The van der Waals surface area contributed by atoms with Crippen LogP contribution >= 0.6 is 11.8 Å². The Morgan fingerprint density at radius 3 is 2.66 bits per heavy atom. The molecule has 4 rings (SSSR count). The third-order valence-corrected chi connectivity index (χ3v) is 6.15. The highest BCUT2D eigenvalue weighted by molar-refractivity contribution is 8.00. The van der Waals surface area contributed by atoms with E-state index in [9.17, 15) is 18.0 Å². The first-order chi connectivity index (χ1) is 16.8. The summed E-state index contributed by atoms with van der Waals surface area (Å²) in [6, 6.07) is 15.4. The second-order valence-corrected chi connectivity index (χ2v) is 8.81. The second kappa shape index (κ2) is 10.3. The van der Waals surface area contributed by atoms with Crippen molar-refractivity contribution in [1.82, 2.24) is 14.8 Å². The topological polar surface area (TPSA) is 82.2 Å². The Labute approximate surface area is 203 Å². The van der Waals surface area contributed by atoms with E-state index in [4.69, 9.17) is 9.15 Å². The van der Waals surface area contributed by atoms with Crippen LogP contribution in [-0.4, -0.2) is 33.0 Å². The number of halogens is 3. The van der Waals surface area contributed by atoms with Gasteiger partial charge in [-0.2, -0.15) is 13.2 Å². The van der Waals surface area contributed by atoms with Gasteiger partial charge in [-0.05, 0) is 49.4 Å². The lowest BCUT2D eigenvalue weighted by Crippen LogP contribution is -2.23. The molecule has 2 aromatic heterocycles. The van der Waals surface area contributed by atoms with E-state index in [-0.39, 0.29) is 5.69 Å². The minimum absolute atomic E-state index is 0.0593. The van der Waals surface area contributed by atoms with Crippen molar-refractivity contribution in [2.45, 2.75) is 30.1 Å². The van der Waals surface area contributed by atoms with Gasteiger partial charge in [0.1, 0.15) is 11.5 Å². The second-order valence-electron chi connectivity index (χ2n) is 7.50. The lowest BCUT2D eigenvalue weighted by molar-refractivity contribution is -0.137. The summed E-state index contributed by atoms with van der Waals surface area (Å²) in [6.07, 6.45) is -2.95. The minimum Gasteiger partial charge on any atom is -0.496 e. The maximum absolute atomic E-state index is 13.0. The number of hydrogen-bond donors (Lipinski definition) is 1. The summed E-state index contributed by atoms with van der Waals surface area (Å²) in [5.74, 6) is 1.31. The van der Waals surface area contributed by atoms with E-state index in [1.807, 2.05) is 24.3 Å². The summed E-state index contributed by atoms with van der Waals surface area (Å²) in [5.41, 5.74) is -0.0683. The van der Waals surface area contributed by atoms with E-state index in [0.29, 0.717) is 34.6 Å². The maximum Gasteiger partial charge on any atom is 0.416 e. The number of nitrogens with one attached hydrogen (secondary N) is 1. The molecule has 1 atom stereocenters. The number of anilines is 1. The zero-order valence-electron chi connectivity index (χ0n) is 18.7. The Bertz CT molecular complexity index is 1310. The van der Waals surface area contributed by atoms with Crippen molar-refractivity contribution in [3.05, 3.63) is 78.3 Å². The predicted octanol–water partition coefficient (Wildman–Crippen LogP) is 5.73. The first-order valence-electron chi connectivity index (χ1n) is 10.5. The number of alkyl halides is 3. The summed E-state index contributed by atoms with van der Waals surface area (Å²) < 4.78 is 51.7. The van der Waals surface area contributed by atoms with E-state index in [2.05, 4.69) is 15.5 Å². The van der Waals surface area contributed by atoms with Crippen LogP contribution in [0.1, 0.15) is 18.2 Å². The number of carbonyl (C=O) groups excluding carboxylic acids is 1. The van der Waals surface area contributed by atoms with Gasteiger partial charge in [0.15, 0.2) is 11.0 Å². The lowest BCUT2D eigenvalue weighted by Gasteiger charge is -2.15. The molecule has 7 nitrogen and oxygen atoms in total. The van der Waals surface area contributed by atoms with Gasteiger partial charge < -0.3 is 14.5 Å². The Morgan fingerprint density at radius 2 is 1.94 bits per heavy atom. The van der Waals surface area contributed by atoms with Crippen LogP contribution in [0.5, 0.6) is 5.75 Å². The third-order valence-electron chi connectivity index (χ3n) is 5.07. The van der Waals surface area contributed by atoms with Gasteiger partial charge in [-0.25, -0.2) is 0 Å². The van der Waals surface area contributed by atoms with Gasteiger partial charge in [0.2, 0.25) is 5.91 Å². The molecule has 0 fully saturated rings. The van der Waals surface area contributed by atoms with Crippen LogP contribution in [0.4, 0.5) is 18.9 Å². The van der Waals surface area contributed by atoms with E-state index >= 15 is 0 Å². The number of aromatic nitrogens is 3. The quantitative estimate of drug-likeness (QED) is 0.310. The fourth-order valence-electron chi connectivity index (χ4n) is 3.33. The van der Waals surface area contributed by atoms with Crippen LogP contribution in [-0.2, 0) is 17.5 Å².